The van der Waals surface area contributed by atoms with Crippen LogP contribution in [0.15, 0.2) is 24.5 Å². The summed E-state index contributed by atoms with van der Waals surface area (Å²) in [6, 6.07) is 5.66. The van der Waals surface area contributed by atoms with E-state index in [4.69, 9.17) is 0 Å². The summed E-state index contributed by atoms with van der Waals surface area (Å²) in [6.45, 7) is 5.33. The summed E-state index contributed by atoms with van der Waals surface area (Å²) in [5.41, 5.74) is 2.71. The number of anilines is 1. The Hall–Kier alpha value is -2.04. The second-order valence-corrected chi connectivity index (χ2v) is 4.16. The zero-order valence-electron chi connectivity index (χ0n) is 11.0. The molecule has 5 nitrogen and oxygen atoms in total. The molecule has 18 heavy (non-hydrogen) atoms. The van der Waals surface area contributed by atoms with Gasteiger partial charge in [0.25, 0.3) is 0 Å². The average molecular weight is 246 g/mol. The lowest BCUT2D eigenvalue weighted by atomic mass is 10.2. The predicted octanol–water partition coefficient (Wildman–Crippen LogP) is 2.45. The smallest absolute Gasteiger partial charge is 0.321 e. The number of fused-ring (bicyclic) bond motifs is 1. The van der Waals surface area contributed by atoms with E-state index in [0.717, 1.165) is 16.7 Å². The standard InChI is InChI=1S/C13H18N4O/c1-4-17(5-2)13(18)15-10-6-7-12-11(8-10)14-9-16(12)3/h6-9H,4-5H2,1-3H3,(H,15,18). The predicted molar refractivity (Wildman–Crippen MR) is 72.7 cm³/mol. The Bertz CT molecular complexity index is 557. The Morgan fingerprint density at radius 3 is 2.78 bits per heavy atom. The number of aryl methyl sites for hydroxylation is 1. The van der Waals surface area contributed by atoms with Crippen molar-refractivity contribution in [2.45, 2.75) is 13.8 Å². The van der Waals surface area contributed by atoms with E-state index in [-0.39, 0.29) is 6.03 Å². The van der Waals surface area contributed by atoms with E-state index in [1.807, 2.05) is 43.7 Å². The van der Waals surface area contributed by atoms with Gasteiger partial charge in [0, 0.05) is 25.8 Å². The normalized spacial score (nSPS) is 10.6. The van der Waals surface area contributed by atoms with E-state index >= 15 is 0 Å². The van der Waals surface area contributed by atoms with Crippen molar-refractivity contribution in [3.63, 3.8) is 0 Å². The topological polar surface area (TPSA) is 50.2 Å². The number of benzene rings is 1. The zero-order valence-corrected chi connectivity index (χ0v) is 11.0. The van der Waals surface area contributed by atoms with Gasteiger partial charge < -0.3 is 14.8 Å². The molecule has 2 amide bonds. The summed E-state index contributed by atoms with van der Waals surface area (Å²) in [6.07, 6.45) is 1.76. The highest BCUT2D eigenvalue weighted by Crippen LogP contribution is 2.17. The molecule has 0 fully saturated rings. The van der Waals surface area contributed by atoms with E-state index in [9.17, 15) is 4.79 Å². The fourth-order valence-corrected chi connectivity index (χ4v) is 1.93. The van der Waals surface area contributed by atoms with Crippen molar-refractivity contribution in [2.75, 3.05) is 18.4 Å². The maximum absolute atomic E-state index is 11.9. The van der Waals surface area contributed by atoms with Gasteiger partial charge in [0.05, 0.1) is 17.4 Å². The number of hydrogen-bond acceptors (Lipinski definition) is 2. The van der Waals surface area contributed by atoms with Gasteiger partial charge in [-0.1, -0.05) is 0 Å². The molecule has 0 aliphatic heterocycles. The minimum atomic E-state index is -0.0738. The first-order valence-corrected chi connectivity index (χ1v) is 6.12. The molecular weight excluding hydrogens is 228 g/mol. The number of carbonyl (C=O) groups excluding carboxylic acids is 1. The van der Waals surface area contributed by atoms with Crippen molar-refractivity contribution in [3.8, 4) is 0 Å². The van der Waals surface area contributed by atoms with E-state index in [1.165, 1.54) is 0 Å². The van der Waals surface area contributed by atoms with Crippen molar-refractivity contribution in [1.29, 1.82) is 0 Å². The van der Waals surface area contributed by atoms with Gasteiger partial charge in [0.1, 0.15) is 0 Å². The summed E-state index contributed by atoms with van der Waals surface area (Å²) in [7, 11) is 1.95. The molecular formula is C13H18N4O. The van der Waals surface area contributed by atoms with Crippen LogP contribution in [0.1, 0.15) is 13.8 Å². The molecule has 0 radical (unpaired) electrons. The van der Waals surface area contributed by atoms with Gasteiger partial charge >= 0.3 is 6.03 Å². The molecule has 1 aromatic carbocycles. The Morgan fingerprint density at radius 2 is 2.11 bits per heavy atom. The number of imidazole rings is 1. The van der Waals surface area contributed by atoms with E-state index in [1.54, 1.807) is 11.2 Å². The molecule has 96 valence electrons. The molecule has 0 unspecified atom stereocenters. The maximum Gasteiger partial charge on any atom is 0.321 e. The number of nitrogens with zero attached hydrogens (tertiary/aromatic N) is 3. The largest absolute Gasteiger partial charge is 0.334 e. The molecule has 0 aliphatic rings. The van der Waals surface area contributed by atoms with Gasteiger partial charge in [-0.15, -0.1) is 0 Å². The maximum atomic E-state index is 11.9. The number of carbonyl (C=O) groups is 1. The molecule has 1 N–H and O–H groups in total. The number of aromatic nitrogens is 2. The fourth-order valence-electron chi connectivity index (χ4n) is 1.93. The summed E-state index contributed by atoms with van der Waals surface area (Å²) < 4.78 is 1.95. The SMILES string of the molecule is CCN(CC)C(=O)Nc1ccc2c(c1)ncn2C. The van der Waals surface area contributed by atoms with Gasteiger partial charge in [-0.25, -0.2) is 9.78 Å². The minimum Gasteiger partial charge on any atom is -0.334 e. The van der Waals surface area contributed by atoms with Crippen molar-refractivity contribution >= 4 is 22.8 Å². The van der Waals surface area contributed by atoms with Crippen molar-refractivity contribution < 1.29 is 4.79 Å². The highest BCUT2D eigenvalue weighted by Gasteiger charge is 2.10. The van der Waals surface area contributed by atoms with Crippen LogP contribution in [0.2, 0.25) is 0 Å². The molecule has 0 bridgehead atoms. The van der Waals surface area contributed by atoms with Crippen LogP contribution in [0.4, 0.5) is 10.5 Å². The summed E-state index contributed by atoms with van der Waals surface area (Å²) in [5, 5.41) is 2.88. The van der Waals surface area contributed by atoms with Crippen LogP contribution >= 0.6 is 0 Å². The molecule has 5 heteroatoms. The summed E-state index contributed by atoms with van der Waals surface area (Å²) >= 11 is 0. The first-order valence-electron chi connectivity index (χ1n) is 6.12. The summed E-state index contributed by atoms with van der Waals surface area (Å²) in [4.78, 5) is 17.9. The molecule has 2 rings (SSSR count). The first-order chi connectivity index (χ1) is 8.65. The number of rotatable bonds is 3. The number of nitrogens with one attached hydrogen (secondary N) is 1. The lowest BCUT2D eigenvalue weighted by molar-refractivity contribution is 0.217. The third-order valence-electron chi connectivity index (χ3n) is 3.03. The van der Waals surface area contributed by atoms with Gasteiger partial charge in [-0.3, -0.25) is 0 Å². The molecule has 1 aromatic heterocycles. The summed E-state index contributed by atoms with van der Waals surface area (Å²) in [5.74, 6) is 0. The van der Waals surface area contributed by atoms with Crippen molar-refractivity contribution in [3.05, 3.63) is 24.5 Å². The second kappa shape index (κ2) is 5.08. The Balaban J connectivity index is 2.19. The van der Waals surface area contributed by atoms with Crippen LogP contribution in [-0.2, 0) is 7.05 Å². The van der Waals surface area contributed by atoms with Crippen molar-refractivity contribution in [1.82, 2.24) is 14.5 Å². The Morgan fingerprint density at radius 1 is 1.39 bits per heavy atom. The third-order valence-corrected chi connectivity index (χ3v) is 3.03. The number of hydrogen-bond donors (Lipinski definition) is 1. The molecule has 0 saturated carbocycles. The van der Waals surface area contributed by atoms with Crippen LogP contribution in [0.5, 0.6) is 0 Å². The number of urea groups is 1. The molecule has 0 spiro atoms. The van der Waals surface area contributed by atoms with Crippen LogP contribution in [0.3, 0.4) is 0 Å². The molecule has 0 saturated heterocycles. The lowest BCUT2D eigenvalue weighted by Gasteiger charge is -2.19. The average Bonchev–Trinajstić information content (AvgIpc) is 2.72. The highest BCUT2D eigenvalue weighted by molar-refractivity contribution is 5.91. The Labute approximate surface area is 106 Å². The fraction of sp³-hybridized carbons (Fsp3) is 0.385. The van der Waals surface area contributed by atoms with Gasteiger partial charge in [0.15, 0.2) is 0 Å². The highest BCUT2D eigenvalue weighted by atomic mass is 16.2. The minimum absolute atomic E-state index is 0.0738. The van der Waals surface area contributed by atoms with Crippen molar-refractivity contribution in [2.24, 2.45) is 7.05 Å². The van der Waals surface area contributed by atoms with Crippen LogP contribution in [0, 0.1) is 0 Å². The molecule has 0 aliphatic carbocycles. The number of amides is 2. The van der Waals surface area contributed by atoms with Gasteiger partial charge in [-0.05, 0) is 32.0 Å². The Kier molecular flexibility index (Phi) is 3.50. The molecule has 0 atom stereocenters. The van der Waals surface area contributed by atoms with Gasteiger partial charge in [-0.2, -0.15) is 0 Å². The zero-order chi connectivity index (χ0) is 13.1. The van der Waals surface area contributed by atoms with Crippen LogP contribution < -0.4 is 5.32 Å². The third kappa shape index (κ3) is 2.30. The van der Waals surface area contributed by atoms with Crippen LogP contribution in [-0.4, -0.2) is 33.6 Å². The quantitative estimate of drug-likeness (QED) is 0.904. The van der Waals surface area contributed by atoms with E-state index in [0.29, 0.717) is 13.1 Å². The lowest BCUT2D eigenvalue weighted by Crippen LogP contribution is -2.34. The first kappa shape index (κ1) is 12.4. The second-order valence-electron chi connectivity index (χ2n) is 4.16. The van der Waals surface area contributed by atoms with Crippen LogP contribution in [0.25, 0.3) is 11.0 Å². The van der Waals surface area contributed by atoms with E-state index < -0.39 is 0 Å². The monoisotopic (exact) mass is 246 g/mol. The molecule has 1 heterocycles. The molecule has 2 aromatic rings. The van der Waals surface area contributed by atoms with E-state index in [2.05, 4.69) is 10.3 Å². The van der Waals surface area contributed by atoms with Gasteiger partial charge in [0.2, 0.25) is 0 Å².